The largest absolute Gasteiger partial charge is 0.398 e. The number of carbonyl (C=O) groups excluding carboxylic acids is 2. The van der Waals surface area contributed by atoms with Crippen molar-refractivity contribution >= 4 is 20.5 Å². The second-order valence-corrected chi connectivity index (χ2v) is 10.0. The van der Waals surface area contributed by atoms with Crippen LogP contribution in [0.5, 0.6) is 0 Å². The number of esters is 2. The summed E-state index contributed by atoms with van der Waals surface area (Å²) in [6.45, 7) is 2.06. The third-order valence-corrected chi connectivity index (χ3v) is 8.41. The van der Waals surface area contributed by atoms with Crippen molar-refractivity contribution < 1.29 is 23.2 Å². The number of hydrogen-bond acceptors (Lipinski definition) is 5. The molecule has 21 heavy (non-hydrogen) atoms. The summed E-state index contributed by atoms with van der Waals surface area (Å²) in [5, 5.41) is 0. The smallest absolute Gasteiger partial charge is 0.334 e. The number of ether oxygens (including phenoxy) is 1. The molecule has 4 unspecified atom stereocenters. The quantitative estimate of drug-likeness (QED) is 0.325. The zero-order valence-corrected chi connectivity index (χ0v) is 13.8. The van der Waals surface area contributed by atoms with Crippen molar-refractivity contribution in [3.63, 3.8) is 0 Å². The maximum atomic E-state index is 11.8. The van der Waals surface area contributed by atoms with Crippen molar-refractivity contribution in [2.24, 2.45) is 23.7 Å². The molecule has 2 aliphatic carbocycles. The van der Waals surface area contributed by atoms with E-state index in [-0.39, 0.29) is 35.6 Å². The molecule has 0 aromatic rings. The summed E-state index contributed by atoms with van der Waals surface area (Å²) in [4.78, 5) is 23.5. The SMILES string of the molecule is CO[Si](C)(CCCC1=CC2CC1C1C(=O)OC(=O)C21)OC. The van der Waals surface area contributed by atoms with Gasteiger partial charge in [-0.25, -0.2) is 0 Å². The summed E-state index contributed by atoms with van der Waals surface area (Å²) in [5.74, 6) is -0.609. The van der Waals surface area contributed by atoms with Crippen LogP contribution in [0.3, 0.4) is 0 Å². The fourth-order valence-electron chi connectivity index (χ4n) is 4.09. The first-order valence-corrected chi connectivity index (χ1v) is 10.1. The molecule has 0 aromatic heterocycles. The molecule has 1 saturated heterocycles. The highest BCUT2D eigenvalue weighted by atomic mass is 28.4. The number of hydrogen-bond donors (Lipinski definition) is 0. The molecule has 1 aliphatic heterocycles. The van der Waals surface area contributed by atoms with Crippen LogP contribution < -0.4 is 0 Å². The maximum absolute atomic E-state index is 11.8. The minimum Gasteiger partial charge on any atom is -0.398 e. The van der Waals surface area contributed by atoms with Crippen molar-refractivity contribution in [2.75, 3.05) is 14.2 Å². The molecule has 0 N–H and O–H groups in total. The lowest BCUT2D eigenvalue weighted by molar-refractivity contribution is -0.154. The Hall–Kier alpha value is -0.983. The Morgan fingerprint density at radius 2 is 1.90 bits per heavy atom. The van der Waals surface area contributed by atoms with E-state index in [4.69, 9.17) is 13.6 Å². The fourth-order valence-corrected chi connectivity index (χ4v) is 5.49. The van der Waals surface area contributed by atoms with Crippen molar-refractivity contribution in [1.29, 1.82) is 0 Å². The molecule has 2 fully saturated rings. The van der Waals surface area contributed by atoms with Crippen molar-refractivity contribution in [3.8, 4) is 0 Å². The first-order chi connectivity index (χ1) is 9.99. The van der Waals surface area contributed by atoms with Gasteiger partial charge in [0.25, 0.3) is 0 Å². The van der Waals surface area contributed by atoms with Gasteiger partial charge >= 0.3 is 20.5 Å². The summed E-state index contributed by atoms with van der Waals surface area (Å²) in [7, 11) is 1.40. The normalized spacial score (nSPS) is 34.1. The monoisotopic (exact) mass is 310 g/mol. The van der Waals surface area contributed by atoms with Gasteiger partial charge in [-0.2, -0.15) is 0 Å². The van der Waals surface area contributed by atoms with E-state index >= 15 is 0 Å². The number of carbonyl (C=O) groups is 2. The molecule has 2 bridgehead atoms. The minimum absolute atomic E-state index is 0.205. The first-order valence-electron chi connectivity index (χ1n) is 7.55. The second kappa shape index (κ2) is 5.33. The predicted molar refractivity (Wildman–Crippen MR) is 77.4 cm³/mol. The van der Waals surface area contributed by atoms with Gasteiger partial charge in [0.1, 0.15) is 0 Å². The average molecular weight is 310 g/mol. The number of rotatable bonds is 6. The average Bonchev–Trinajstić information content (AvgIpc) is 3.11. The van der Waals surface area contributed by atoms with Crippen LogP contribution in [-0.4, -0.2) is 34.7 Å². The van der Waals surface area contributed by atoms with Crippen LogP contribution in [-0.2, 0) is 23.2 Å². The van der Waals surface area contributed by atoms with Crippen LogP contribution >= 0.6 is 0 Å². The highest BCUT2D eigenvalue weighted by Crippen LogP contribution is 2.55. The summed E-state index contributed by atoms with van der Waals surface area (Å²) >= 11 is 0. The number of cyclic esters (lactones) is 2. The van der Waals surface area contributed by atoms with E-state index < -0.39 is 8.56 Å². The summed E-state index contributed by atoms with van der Waals surface area (Å²) in [6.07, 6.45) is 5.11. The molecule has 116 valence electrons. The molecule has 6 heteroatoms. The standard InChI is InChI=1S/C15H22O5Si/c1-18-21(3,19-2)6-4-5-9-7-10-8-11(9)13-12(10)14(16)20-15(13)17/h7,10-13H,4-6,8H2,1-3H3. The molecule has 5 nitrogen and oxygen atoms in total. The number of allylic oxidation sites excluding steroid dienone is 2. The zero-order valence-electron chi connectivity index (χ0n) is 12.8. The maximum Gasteiger partial charge on any atom is 0.334 e. The molecule has 0 aromatic carbocycles. The van der Waals surface area contributed by atoms with Gasteiger partial charge in [0.05, 0.1) is 11.8 Å². The minimum atomic E-state index is -2.01. The van der Waals surface area contributed by atoms with E-state index in [1.807, 2.05) is 0 Å². The van der Waals surface area contributed by atoms with Crippen molar-refractivity contribution in [3.05, 3.63) is 11.6 Å². The van der Waals surface area contributed by atoms with Gasteiger partial charge in [-0.1, -0.05) is 11.6 Å². The topological polar surface area (TPSA) is 61.8 Å². The van der Waals surface area contributed by atoms with E-state index in [1.54, 1.807) is 14.2 Å². The van der Waals surface area contributed by atoms with Crippen LogP contribution in [0.1, 0.15) is 19.3 Å². The molecule has 0 radical (unpaired) electrons. The van der Waals surface area contributed by atoms with E-state index in [0.717, 1.165) is 25.3 Å². The molecular weight excluding hydrogens is 288 g/mol. The van der Waals surface area contributed by atoms with Crippen molar-refractivity contribution in [2.45, 2.75) is 31.9 Å². The van der Waals surface area contributed by atoms with E-state index in [9.17, 15) is 9.59 Å². The lowest BCUT2D eigenvalue weighted by Crippen LogP contribution is -2.35. The zero-order chi connectivity index (χ0) is 15.2. The van der Waals surface area contributed by atoms with Crippen LogP contribution in [0, 0.1) is 23.7 Å². The van der Waals surface area contributed by atoms with Gasteiger partial charge < -0.3 is 13.6 Å². The third-order valence-electron chi connectivity index (χ3n) is 5.42. The fraction of sp³-hybridized carbons (Fsp3) is 0.733. The molecule has 0 amide bonds. The molecule has 4 atom stereocenters. The Bertz CT molecular complexity index is 496. The number of fused-ring (bicyclic) bond motifs is 5. The second-order valence-electron chi connectivity index (χ2n) is 6.43. The molecule has 0 spiro atoms. The van der Waals surface area contributed by atoms with Crippen LogP contribution in [0.2, 0.25) is 12.6 Å². The highest BCUT2D eigenvalue weighted by molar-refractivity contribution is 6.65. The summed E-state index contributed by atoms with van der Waals surface area (Å²) in [5.41, 5.74) is 1.33. The predicted octanol–water partition coefficient (Wildman–Crippen LogP) is 2.02. The Balaban J connectivity index is 1.61. The van der Waals surface area contributed by atoms with Gasteiger partial charge in [0, 0.05) is 14.2 Å². The highest BCUT2D eigenvalue weighted by Gasteiger charge is 2.59. The van der Waals surface area contributed by atoms with Crippen molar-refractivity contribution in [1.82, 2.24) is 0 Å². The Kier molecular flexibility index (Phi) is 3.79. The summed E-state index contributed by atoms with van der Waals surface area (Å²) in [6, 6.07) is 0.937. The van der Waals surface area contributed by atoms with Crippen LogP contribution in [0.4, 0.5) is 0 Å². The molecule has 3 aliphatic rings. The van der Waals surface area contributed by atoms with E-state index in [0.29, 0.717) is 0 Å². The Labute approximate surface area is 125 Å². The molecule has 1 saturated carbocycles. The van der Waals surface area contributed by atoms with Gasteiger partial charge in [-0.05, 0) is 43.7 Å². The lowest BCUT2D eigenvalue weighted by atomic mass is 9.80. The van der Waals surface area contributed by atoms with Gasteiger partial charge in [0.15, 0.2) is 0 Å². The first kappa shape index (κ1) is 14.9. The molecule has 3 rings (SSSR count). The van der Waals surface area contributed by atoms with Gasteiger partial charge in [-0.3, -0.25) is 9.59 Å². The molecular formula is C15H22O5Si. The third kappa shape index (κ3) is 2.39. The van der Waals surface area contributed by atoms with Crippen LogP contribution in [0.15, 0.2) is 11.6 Å². The van der Waals surface area contributed by atoms with Crippen LogP contribution in [0.25, 0.3) is 0 Å². The molecule has 1 heterocycles. The Morgan fingerprint density at radius 1 is 1.24 bits per heavy atom. The lowest BCUT2D eigenvalue weighted by Gasteiger charge is -2.24. The Morgan fingerprint density at radius 3 is 2.57 bits per heavy atom. The van der Waals surface area contributed by atoms with E-state index in [1.165, 1.54) is 5.57 Å². The van der Waals surface area contributed by atoms with E-state index in [2.05, 4.69) is 12.6 Å². The van der Waals surface area contributed by atoms with Gasteiger partial charge in [-0.15, -0.1) is 0 Å². The summed E-state index contributed by atoms with van der Waals surface area (Å²) < 4.78 is 15.8. The van der Waals surface area contributed by atoms with Gasteiger partial charge in [0.2, 0.25) is 0 Å².